The SMILES string of the molecule is CCCCCCOC1CCC(c2ccc(-c3ccc(OCCC)cc3F)c(F)c2F)CO1. The Bertz CT molecular complexity index is 864. The molecule has 0 aromatic heterocycles. The number of unbranched alkanes of at least 4 members (excludes halogenated alkanes) is 3. The van der Waals surface area contributed by atoms with Gasteiger partial charge in [0, 0.05) is 29.7 Å². The minimum absolute atomic E-state index is 0.00762. The van der Waals surface area contributed by atoms with Crippen molar-refractivity contribution in [2.45, 2.75) is 71.0 Å². The fraction of sp³-hybridized carbons (Fsp3) is 0.538. The number of hydrogen-bond acceptors (Lipinski definition) is 3. The van der Waals surface area contributed by atoms with Gasteiger partial charge in [0.05, 0.1) is 13.2 Å². The lowest BCUT2D eigenvalue weighted by molar-refractivity contribution is -0.168. The summed E-state index contributed by atoms with van der Waals surface area (Å²) >= 11 is 0. The van der Waals surface area contributed by atoms with Crippen molar-refractivity contribution in [2.75, 3.05) is 19.8 Å². The summed E-state index contributed by atoms with van der Waals surface area (Å²) in [4.78, 5) is 0. The maximum absolute atomic E-state index is 14.9. The molecule has 0 N–H and O–H groups in total. The van der Waals surface area contributed by atoms with Crippen molar-refractivity contribution in [2.24, 2.45) is 0 Å². The van der Waals surface area contributed by atoms with Crippen LogP contribution in [0.25, 0.3) is 11.1 Å². The monoisotopic (exact) mass is 450 g/mol. The van der Waals surface area contributed by atoms with Crippen LogP contribution < -0.4 is 4.74 Å². The minimum Gasteiger partial charge on any atom is -0.494 e. The highest BCUT2D eigenvalue weighted by Crippen LogP contribution is 2.35. The van der Waals surface area contributed by atoms with Crippen LogP contribution in [0.4, 0.5) is 13.2 Å². The molecule has 1 fully saturated rings. The molecule has 3 rings (SSSR count). The van der Waals surface area contributed by atoms with Crippen molar-refractivity contribution >= 4 is 0 Å². The first kappa shape index (κ1) is 24.6. The minimum atomic E-state index is -1.04. The molecule has 2 atom stereocenters. The van der Waals surface area contributed by atoms with Gasteiger partial charge in [-0.3, -0.25) is 0 Å². The molecule has 1 heterocycles. The lowest BCUT2D eigenvalue weighted by Crippen LogP contribution is -2.28. The van der Waals surface area contributed by atoms with Crippen LogP contribution in [0.15, 0.2) is 30.3 Å². The maximum Gasteiger partial charge on any atom is 0.167 e. The van der Waals surface area contributed by atoms with Crippen molar-refractivity contribution in [3.63, 3.8) is 0 Å². The van der Waals surface area contributed by atoms with E-state index in [4.69, 9.17) is 14.2 Å². The van der Waals surface area contributed by atoms with Gasteiger partial charge in [-0.25, -0.2) is 13.2 Å². The van der Waals surface area contributed by atoms with Gasteiger partial charge in [0.15, 0.2) is 17.9 Å². The van der Waals surface area contributed by atoms with Gasteiger partial charge < -0.3 is 14.2 Å². The molecule has 3 nitrogen and oxygen atoms in total. The molecule has 0 aliphatic carbocycles. The Kier molecular flexibility index (Phi) is 9.42. The molecule has 0 spiro atoms. The molecule has 32 heavy (non-hydrogen) atoms. The molecular formula is C26H33F3O3. The number of benzene rings is 2. The van der Waals surface area contributed by atoms with Crippen LogP contribution in [0, 0.1) is 17.5 Å². The van der Waals surface area contributed by atoms with Crippen LogP contribution >= 0.6 is 0 Å². The van der Waals surface area contributed by atoms with E-state index in [9.17, 15) is 13.2 Å². The van der Waals surface area contributed by atoms with Gasteiger partial charge in [-0.05, 0) is 43.4 Å². The van der Waals surface area contributed by atoms with Gasteiger partial charge in [0.2, 0.25) is 0 Å². The maximum atomic E-state index is 14.9. The summed E-state index contributed by atoms with van der Waals surface area (Å²) < 4.78 is 61.2. The predicted molar refractivity (Wildman–Crippen MR) is 119 cm³/mol. The molecule has 2 aromatic carbocycles. The average Bonchev–Trinajstić information content (AvgIpc) is 2.80. The van der Waals surface area contributed by atoms with Crippen LogP contribution in [-0.2, 0) is 9.47 Å². The topological polar surface area (TPSA) is 27.7 Å². The van der Waals surface area contributed by atoms with Crippen molar-refractivity contribution in [3.8, 4) is 16.9 Å². The van der Waals surface area contributed by atoms with Gasteiger partial charge in [0.1, 0.15) is 11.6 Å². The Balaban J connectivity index is 1.63. The smallest absolute Gasteiger partial charge is 0.167 e. The molecule has 0 radical (unpaired) electrons. The third-order valence-corrected chi connectivity index (χ3v) is 5.79. The lowest BCUT2D eigenvalue weighted by Gasteiger charge is -2.29. The molecule has 0 saturated carbocycles. The third-order valence-electron chi connectivity index (χ3n) is 5.79. The first-order valence-corrected chi connectivity index (χ1v) is 11.7. The van der Waals surface area contributed by atoms with Gasteiger partial charge in [0.25, 0.3) is 0 Å². The van der Waals surface area contributed by atoms with Gasteiger partial charge in [-0.2, -0.15) is 0 Å². The summed E-state index contributed by atoms with van der Waals surface area (Å²) in [5, 5.41) is 0. The summed E-state index contributed by atoms with van der Waals surface area (Å²) in [6.45, 7) is 5.50. The van der Waals surface area contributed by atoms with Crippen LogP contribution in [0.3, 0.4) is 0 Å². The first-order chi connectivity index (χ1) is 15.5. The van der Waals surface area contributed by atoms with E-state index in [-0.39, 0.29) is 35.5 Å². The predicted octanol–water partition coefficient (Wildman–Crippen LogP) is 7.38. The van der Waals surface area contributed by atoms with Crippen molar-refractivity contribution < 1.29 is 27.4 Å². The number of hydrogen-bond donors (Lipinski definition) is 0. The van der Waals surface area contributed by atoms with E-state index in [1.165, 1.54) is 37.1 Å². The Labute approximate surface area is 188 Å². The standard InChI is InChI=1S/C26H33F3O3/c1-3-5-6-7-15-31-24-13-8-18(17-32-24)20-11-12-22(26(29)25(20)28)21-10-9-19(16-23(21)27)30-14-4-2/h9-12,16,18,24H,3-8,13-15,17H2,1-2H3. The Morgan fingerprint density at radius 1 is 0.875 bits per heavy atom. The Morgan fingerprint density at radius 3 is 2.38 bits per heavy atom. The molecule has 1 aliphatic heterocycles. The fourth-order valence-electron chi connectivity index (χ4n) is 3.96. The van der Waals surface area contributed by atoms with Crippen LogP contribution in [0.1, 0.15) is 70.3 Å². The van der Waals surface area contributed by atoms with E-state index in [0.29, 0.717) is 31.8 Å². The van der Waals surface area contributed by atoms with Gasteiger partial charge in [-0.1, -0.05) is 45.2 Å². The van der Waals surface area contributed by atoms with Gasteiger partial charge in [-0.15, -0.1) is 0 Å². The molecule has 6 heteroatoms. The normalized spacial score (nSPS) is 18.7. The fourth-order valence-corrected chi connectivity index (χ4v) is 3.96. The molecule has 1 saturated heterocycles. The second-order valence-electron chi connectivity index (χ2n) is 8.29. The molecule has 176 valence electrons. The molecule has 2 aromatic rings. The van der Waals surface area contributed by atoms with E-state index >= 15 is 0 Å². The summed E-state index contributed by atoms with van der Waals surface area (Å²) in [5.74, 6) is -2.52. The molecule has 0 amide bonds. The number of ether oxygens (including phenoxy) is 3. The summed E-state index contributed by atoms with van der Waals surface area (Å²) in [7, 11) is 0. The van der Waals surface area contributed by atoms with Crippen molar-refractivity contribution in [1.82, 2.24) is 0 Å². The van der Waals surface area contributed by atoms with Crippen molar-refractivity contribution in [3.05, 3.63) is 53.3 Å². The zero-order valence-corrected chi connectivity index (χ0v) is 19.0. The van der Waals surface area contributed by atoms with Crippen LogP contribution in [-0.4, -0.2) is 26.1 Å². The Hall–Kier alpha value is -2.05. The largest absolute Gasteiger partial charge is 0.494 e. The van der Waals surface area contributed by atoms with E-state index in [1.807, 2.05) is 6.92 Å². The number of rotatable bonds is 11. The molecule has 1 aliphatic rings. The zero-order valence-electron chi connectivity index (χ0n) is 19.0. The summed E-state index contributed by atoms with van der Waals surface area (Å²) in [5.41, 5.74) is 0.167. The highest BCUT2D eigenvalue weighted by atomic mass is 19.2. The summed E-state index contributed by atoms with van der Waals surface area (Å²) in [6.07, 6.45) is 6.29. The van der Waals surface area contributed by atoms with Crippen LogP contribution in [0.5, 0.6) is 5.75 Å². The quantitative estimate of drug-likeness (QED) is 0.334. The second-order valence-corrected chi connectivity index (χ2v) is 8.29. The Morgan fingerprint density at radius 2 is 1.69 bits per heavy atom. The highest BCUT2D eigenvalue weighted by Gasteiger charge is 2.28. The first-order valence-electron chi connectivity index (χ1n) is 11.7. The van der Waals surface area contributed by atoms with E-state index in [0.717, 1.165) is 19.3 Å². The van der Waals surface area contributed by atoms with Gasteiger partial charge >= 0.3 is 0 Å². The molecular weight excluding hydrogens is 417 g/mol. The van der Waals surface area contributed by atoms with E-state index in [1.54, 1.807) is 6.07 Å². The third kappa shape index (κ3) is 6.26. The zero-order chi connectivity index (χ0) is 22.9. The molecule has 0 bridgehead atoms. The molecule has 2 unspecified atom stereocenters. The summed E-state index contributed by atoms with van der Waals surface area (Å²) in [6, 6.07) is 7.16. The van der Waals surface area contributed by atoms with E-state index < -0.39 is 17.5 Å². The highest BCUT2D eigenvalue weighted by molar-refractivity contribution is 5.66. The van der Waals surface area contributed by atoms with E-state index in [2.05, 4.69) is 6.92 Å². The van der Waals surface area contributed by atoms with Crippen LogP contribution in [0.2, 0.25) is 0 Å². The average molecular weight is 451 g/mol. The van der Waals surface area contributed by atoms with Crippen molar-refractivity contribution in [1.29, 1.82) is 0 Å². The number of halogens is 3. The second kappa shape index (κ2) is 12.3. The lowest BCUT2D eigenvalue weighted by atomic mass is 9.90.